The maximum atomic E-state index is 10.4. The molecule has 0 atom stereocenters. The van der Waals surface area contributed by atoms with Crippen LogP contribution in [0.15, 0.2) is 66.4 Å². The molecule has 26 heavy (non-hydrogen) atoms. The molecule has 1 heterocycles. The Bertz CT molecular complexity index is 815. The molecule has 0 aliphatic carbocycles. The standard InChI is InChI=1S/C22H22N2O2/c1-3-4-5-6-9-18(2)16-26-22-11-8-7-10-21(22)19-12-13-20(24-14-19)15-23-17-25/h1,5-14,17H,4,15-16H2,2H3,(H,23,25)/b6-5-,18-9+. The van der Waals surface area contributed by atoms with Gasteiger partial charge in [0.15, 0.2) is 0 Å². The number of terminal acetylenes is 1. The summed E-state index contributed by atoms with van der Waals surface area (Å²) in [5, 5.41) is 2.60. The van der Waals surface area contributed by atoms with Crippen molar-refractivity contribution < 1.29 is 9.53 Å². The van der Waals surface area contributed by atoms with E-state index in [0.717, 1.165) is 28.1 Å². The van der Waals surface area contributed by atoms with Crippen molar-refractivity contribution in [1.82, 2.24) is 10.3 Å². The first-order chi connectivity index (χ1) is 12.7. The van der Waals surface area contributed by atoms with E-state index in [1.54, 1.807) is 6.20 Å². The minimum Gasteiger partial charge on any atom is -0.489 e. The topological polar surface area (TPSA) is 51.2 Å². The summed E-state index contributed by atoms with van der Waals surface area (Å²) in [4.78, 5) is 14.7. The highest BCUT2D eigenvalue weighted by Crippen LogP contribution is 2.29. The summed E-state index contributed by atoms with van der Waals surface area (Å²) >= 11 is 0. The van der Waals surface area contributed by atoms with Crippen molar-refractivity contribution in [2.45, 2.75) is 19.9 Å². The molecule has 0 aliphatic rings. The van der Waals surface area contributed by atoms with Gasteiger partial charge in [0.05, 0.1) is 12.2 Å². The van der Waals surface area contributed by atoms with Gasteiger partial charge in [-0.15, -0.1) is 12.3 Å². The molecule has 1 aromatic carbocycles. The Morgan fingerprint density at radius 2 is 2.15 bits per heavy atom. The zero-order chi connectivity index (χ0) is 18.6. The summed E-state index contributed by atoms with van der Waals surface area (Å²) in [6, 6.07) is 11.7. The fourth-order valence-electron chi connectivity index (χ4n) is 2.27. The number of pyridine rings is 1. The first-order valence-corrected chi connectivity index (χ1v) is 8.34. The molecule has 132 valence electrons. The van der Waals surface area contributed by atoms with Gasteiger partial charge < -0.3 is 10.1 Å². The van der Waals surface area contributed by atoms with Crippen LogP contribution in [0, 0.1) is 12.3 Å². The number of rotatable bonds is 9. The predicted octanol–water partition coefficient (Wildman–Crippen LogP) is 3.90. The van der Waals surface area contributed by atoms with Crippen molar-refractivity contribution in [1.29, 1.82) is 0 Å². The van der Waals surface area contributed by atoms with E-state index < -0.39 is 0 Å². The lowest BCUT2D eigenvalue weighted by Gasteiger charge is -2.12. The molecule has 4 nitrogen and oxygen atoms in total. The molecule has 4 heteroatoms. The lowest BCUT2D eigenvalue weighted by atomic mass is 10.1. The average Bonchev–Trinajstić information content (AvgIpc) is 2.69. The molecule has 0 unspecified atom stereocenters. The Morgan fingerprint density at radius 1 is 1.31 bits per heavy atom. The van der Waals surface area contributed by atoms with Gasteiger partial charge in [-0.2, -0.15) is 0 Å². The fourth-order valence-corrected chi connectivity index (χ4v) is 2.27. The van der Waals surface area contributed by atoms with Gasteiger partial charge >= 0.3 is 0 Å². The van der Waals surface area contributed by atoms with Crippen molar-refractivity contribution in [2.24, 2.45) is 0 Å². The van der Waals surface area contributed by atoms with Crippen LogP contribution in [0.2, 0.25) is 0 Å². The number of aromatic nitrogens is 1. The molecule has 0 spiro atoms. The van der Waals surface area contributed by atoms with Crippen LogP contribution in [0.5, 0.6) is 5.75 Å². The third kappa shape index (κ3) is 5.95. The van der Waals surface area contributed by atoms with Crippen molar-refractivity contribution in [3.05, 3.63) is 72.1 Å². The summed E-state index contributed by atoms with van der Waals surface area (Å²) in [5.74, 6) is 3.37. The molecule has 0 aliphatic heterocycles. The maximum Gasteiger partial charge on any atom is 0.207 e. The molecule has 0 saturated carbocycles. The van der Waals surface area contributed by atoms with E-state index in [0.29, 0.717) is 26.0 Å². The summed E-state index contributed by atoms with van der Waals surface area (Å²) in [5.41, 5.74) is 3.84. The highest BCUT2D eigenvalue weighted by molar-refractivity contribution is 5.69. The van der Waals surface area contributed by atoms with Gasteiger partial charge in [0.25, 0.3) is 0 Å². The van der Waals surface area contributed by atoms with E-state index >= 15 is 0 Å². The first kappa shape index (κ1) is 19.0. The highest BCUT2D eigenvalue weighted by Gasteiger charge is 2.06. The lowest BCUT2D eigenvalue weighted by molar-refractivity contribution is -0.109. The summed E-state index contributed by atoms with van der Waals surface area (Å²) < 4.78 is 5.98. The van der Waals surface area contributed by atoms with Gasteiger partial charge in [0.2, 0.25) is 6.41 Å². The number of para-hydroxylation sites is 1. The Balaban J connectivity index is 2.08. The van der Waals surface area contributed by atoms with Crippen molar-refractivity contribution in [3.8, 4) is 29.2 Å². The fraction of sp³-hybridized carbons (Fsp3) is 0.182. The largest absolute Gasteiger partial charge is 0.489 e. The zero-order valence-electron chi connectivity index (χ0n) is 14.8. The second-order valence-electron chi connectivity index (χ2n) is 5.67. The summed E-state index contributed by atoms with van der Waals surface area (Å²) in [6.45, 7) is 2.92. The molecule has 2 aromatic rings. The van der Waals surface area contributed by atoms with E-state index in [1.807, 2.05) is 61.5 Å². The normalized spacial score (nSPS) is 11.2. The second kappa shape index (κ2) is 10.5. The van der Waals surface area contributed by atoms with Crippen LogP contribution in [-0.4, -0.2) is 18.0 Å². The number of amides is 1. The van der Waals surface area contributed by atoms with Crippen LogP contribution in [-0.2, 0) is 11.3 Å². The van der Waals surface area contributed by atoms with E-state index in [9.17, 15) is 4.79 Å². The van der Waals surface area contributed by atoms with Gasteiger partial charge in [0, 0.05) is 23.7 Å². The van der Waals surface area contributed by atoms with Crippen LogP contribution >= 0.6 is 0 Å². The van der Waals surface area contributed by atoms with Crippen LogP contribution in [0.25, 0.3) is 11.1 Å². The van der Waals surface area contributed by atoms with Gasteiger partial charge in [-0.05, 0) is 24.6 Å². The highest BCUT2D eigenvalue weighted by atomic mass is 16.5. The zero-order valence-corrected chi connectivity index (χ0v) is 14.8. The third-order valence-corrected chi connectivity index (χ3v) is 3.60. The van der Waals surface area contributed by atoms with Crippen LogP contribution in [0.3, 0.4) is 0 Å². The number of ether oxygens (including phenoxy) is 1. The SMILES string of the molecule is C#CC/C=C\C=C(/C)COc1ccccc1-c1ccc(CNC=O)nc1. The molecular weight excluding hydrogens is 324 g/mol. The minimum absolute atomic E-state index is 0.416. The summed E-state index contributed by atoms with van der Waals surface area (Å²) in [6.07, 6.45) is 14.2. The predicted molar refractivity (Wildman–Crippen MR) is 104 cm³/mol. The van der Waals surface area contributed by atoms with Gasteiger partial charge in [-0.25, -0.2) is 0 Å². The molecule has 0 bridgehead atoms. The minimum atomic E-state index is 0.416. The van der Waals surface area contributed by atoms with E-state index in [1.165, 1.54) is 0 Å². The molecule has 1 N–H and O–H groups in total. The smallest absolute Gasteiger partial charge is 0.207 e. The van der Waals surface area contributed by atoms with E-state index in [4.69, 9.17) is 11.2 Å². The molecule has 2 rings (SSSR count). The molecule has 1 aromatic heterocycles. The number of carbonyl (C=O) groups is 1. The molecular formula is C22H22N2O2. The number of hydrogen-bond acceptors (Lipinski definition) is 3. The Hall–Kier alpha value is -3.32. The van der Waals surface area contributed by atoms with Crippen molar-refractivity contribution in [3.63, 3.8) is 0 Å². The van der Waals surface area contributed by atoms with Crippen LogP contribution < -0.4 is 10.1 Å². The van der Waals surface area contributed by atoms with Gasteiger partial charge in [-0.3, -0.25) is 9.78 Å². The van der Waals surface area contributed by atoms with E-state index in [-0.39, 0.29) is 0 Å². The number of allylic oxidation sites excluding steroid dienone is 3. The number of nitrogens with zero attached hydrogens (tertiary/aromatic N) is 1. The first-order valence-electron chi connectivity index (χ1n) is 8.34. The molecule has 0 saturated heterocycles. The van der Waals surface area contributed by atoms with Crippen LogP contribution in [0.1, 0.15) is 19.0 Å². The van der Waals surface area contributed by atoms with Crippen LogP contribution in [0.4, 0.5) is 0 Å². The number of carbonyl (C=O) groups excluding carboxylic acids is 1. The monoisotopic (exact) mass is 346 g/mol. The Morgan fingerprint density at radius 3 is 2.88 bits per heavy atom. The van der Waals surface area contributed by atoms with E-state index in [2.05, 4.69) is 16.2 Å². The Labute approximate surface area is 154 Å². The summed E-state index contributed by atoms with van der Waals surface area (Å²) in [7, 11) is 0. The number of benzene rings is 1. The molecule has 0 fully saturated rings. The van der Waals surface area contributed by atoms with Crippen molar-refractivity contribution >= 4 is 6.41 Å². The molecule has 0 radical (unpaired) electrons. The van der Waals surface area contributed by atoms with Gasteiger partial charge in [0.1, 0.15) is 12.4 Å². The lowest BCUT2D eigenvalue weighted by Crippen LogP contribution is -2.10. The Kier molecular flexibility index (Phi) is 7.70. The third-order valence-electron chi connectivity index (χ3n) is 3.60. The average molecular weight is 346 g/mol. The quantitative estimate of drug-likeness (QED) is 0.426. The second-order valence-corrected chi connectivity index (χ2v) is 5.67. The number of hydrogen-bond donors (Lipinski definition) is 1. The number of nitrogens with one attached hydrogen (secondary N) is 1. The van der Waals surface area contributed by atoms with Gasteiger partial charge in [-0.1, -0.05) is 42.5 Å². The van der Waals surface area contributed by atoms with Crippen molar-refractivity contribution in [2.75, 3.05) is 6.61 Å². The molecule has 1 amide bonds. The maximum absolute atomic E-state index is 10.4.